The van der Waals surface area contributed by atoms with Gasteiger partial charge in [0.05, 0.1) is 6.04 Å². The Bertz CT molecular complexity index is 146. The van der Waals surface area contributed by atoms with Gasteiger partial charge in [-0.2, -0.15) is 5.26 Å². The maximum atomic E-state index is 10.3. The Morgan fingerprint density at radius 1 is 1.64 bits per heavy atom. The van der Waals surface area contributed by atoms with Crippen molar-refractivity contribution in [3.05, 3.63) is 0 Å². The minimum absolute atomic E-state index is 0.0217. The Kier molecular flexibility index (Phi) is 4.21. The lowest BCUT2D eigenvalue weighted by atomic mass is 10.1. The average molecular weight is 161 g/mol. The zero-order chi connectivity index (χ0) is 8.85. The summed E-state index contributed by atoms with van der Waals surface area (Å²) in [5, 5.41) is 9.97. The highest BCUT2D eigenvalue weighted by atomic mass is 17.1. The van der Waals surface area contributed by atoms with Crippen LogP contribution in [0.3, 0.4) is 0 Å². The van der Waals surface area contributed by atoms with Crippen molar-refractivity contribution in [2.75, 3.05) is 0 Å². The number of amides is 1. The van der Waals surface area contributed by atoms with Gasteiger partial charge in [0.1, 0.15) is 6.29 Å². The van der Waals surface area contributed by atoms with Gasteiger partial charge in [0.15, 0.2) is 0 Å². The summed E-state index contributed by atoms with van der Waals surface area (Å²) in [6, 6.07) is -0.616. The zero-order valence-corrected chi connectivity index (χ0v) is 6.40. The normalized spacial score (nSPS) is 12.4. The van der Waals surface area contributed by atoms with Gasteiger partial charge in [0.25, 0.3) is 0 Å². The molecule has 0 unspecified atom stereocenters. The molecule has 0 heterocycles. The maximum Gasteiger partial charge on any atom is 0.439 e. The second kappa shape index (κ2) is 4.68. The maximum absolute atomic E-state index is 10.3. The lowest BCUT2D eigenvalue weighted by Crippen LogP contribution is -2.39. The van der Waals surface area contributed by atoms with Gasteiger partial charge in [-0.1, -0.05) is 13.8 Å². The molecule has 2 N–H and O–H groups in total. The van der Waals surface area contributed by atoms with Crippen LogP contribution in [0.15, 0.2) is 0 Å². The van der Waals surface area contributed by atoms with Crippen LogP contribution in [0.25, 0.3) is 0 Å². The topological polar surface area (TPSA) is 75.6 Å². The first-order valence-corrected chi connectivity index (χ1v) is 3.19. The molecule has 0 saturated heterocycles. The van der Waals surface area contributed by atoms with Gasteiger partial charge in [-0.15, -0.1) is 0 Å². The standard InChI is InChI=1S/C6H11NO4/c1-4(2)5(3-8)7-6(9)11-10/h3-5,10H,1-2H3,(H,7,9)/t5-/m1/s1. The van der Waals surface area contributed by atoms with E-state index in [2.05, 4.69) is 10.2 Å². The average Bonchev–Trinajstić information content (AvgIpc) is 1.99. The number of rotatable bonds is 3. The summed E-state index contributed by atoms with van der Waals surface area (Å²) < 4.78 is 0. The molecule has 0 fully saturated rings. The fourth-order valence-corrected chi connectivity index (χ4v) is 0.520. The van der Waals surface area contributed by atoms with Gasteiger partial charge in [-0.25, -0.2) is 4.79 Å². The Hall–Kier alpha value is -1.10. The summed E-state index contributed by atoms with van der Waals surface area (Å²) in [5.41, 5.74) is 0. The second-order valence-electron chi connectivity index (χ2n) is 2.43. The van der Waals surface area contributed by atoms with E-state index in [0.29, 0.717) is 6.29 Å². The van der Waals surface area contributed by atoms with Crippen molar-refractivity contribution in [2.45, 2.75) is 19.9 Å². The summed E-state index contributed by atoms with van der Waals surface area (Å²) in [5.74, 6) is -0.0217. The molecule has 64 valence electrons. The summed E-state index contributed by atoms with van der Waals surface area (Å²) in [4.78, 5) is 23.9. The first-order chi connectivity index (χ1) is 5.11. The van der Waals surface area contributed by atoms with Crippen LogP contribution in [0.1, 0.15) is 13.8 Å². The fourth-order valence-electron chi connectivity index (χ4n) is 0.520. The molecule has 0 aliphatic rings. The quantitative estimate of drug-likeness (QED) is 0.357. The van der Waals surface area contributed by atoms with Gasteiger partial charge in [-0.3, -0.25) is 4.89 Å². The fraction of sp³-hybridized carbons (Fsp3) is 0.667. The molecule has 0 aliphatic carbocycles. The van der Waals surface area contributed by atoms with E-state index in [-0.39, 0.29) is 5.92 Å². The van der Waals surface area contributed by atoms with Crippen molar-refractivity contribution in [3.8, 4) is 0 Å². The van der Waals surface area contributed by atoms with Crippen LogP contribution in [0.5, 0.6) is 0 Å². The molecule has 1 atom stereocenters. The molecule has 0 radical (unpaired) electrons. The Morgan fingerprint density at radius 2 is 2.18 bits per heavy atom. The van der Waals surface area contributed by atoms with Crippen molar-refractivity contribution in [1.82, 2.24) is 5.32 Å². The van der Waals surface area contributed by atoms with Crippen molar-refractivity contribution < 1.29 is 19.7 Å². The molecule has 0 aliphatic heterocycles. The van der Waals surface area contributed by atoms with Gasteiger partial charge < -0.3 is 10.1 Å². The lowest BCUT2D eigenvalue weighted by Gasteiger charge is -2.13. The van der Waals surface area contributed by atoms with Crippen LogP contribution in [0, 0.1) is 5.92 Å². The first kappa shape index (κ1) is 9.90. The van der Waals surface area contributed by atoms with E-state index in [4.69, 9.17) is 5.26 Å². The number of carbonyl (C=O) groups is 2. The third-order valence-electron chi connectivity index (χ3n) is 1.23. The molecule has 1 amide bonds. The number of hydrogen-bond acceptors (Lipinski definition) is 4. The number of nitrogens with one attached hydrogen (secondary N) is 1. The molecule has 0 bridgehead atoms. The Balaban J connectivity index is 3.87. The number of carbonyl (C=O) groups excluding carboxylic acids is 2. The highest BCUT2D eigenvalue weighted by molar-refractivity contribution is 5.72. The van der Waals surface area contributed by atoms with Gasteiger partial charge >= 0.3 is 6.09 Å². The van der Waals surface area contributed by atoms with E-state index in [1.54, 1.807) is 13.8 Å². The molecular weight excluding hydrogens is 150 g/mol. The molecule has 0 aromatic carbocycles. The van der Waals surface area contributed by atoms with Crippen LogP contribution in [-0.4, -0.2) is 23.7 Å². The van der Waals surface area contributed by atoms with E-state index in [0.717, 1.165) is 0 Å². The Morgan fingerprint density at radius 3 is 2.45 bits per heavy atom. The third kappa shape index (κ3) is 3.57. The smallest absolute Gasteiger partial charge is 0.309 e. The van der Waals surface area contributed by atoms with Crippen molar-refractivity contribution in [3.63, 3.8) is 0 Å². The van der Waals surface area contributed by atoms with E-state index in [9.17, 15) is 9.59 Å². The molecule has 5 nitrogen and oxygen atoms in total. The monoisotopic (exact) mass is 161 g/mol. The van der Waals surface area contributed by atoms with Crippen molar-refractivity contribution in [1.29, 1.82) is 0 Å². The minimum Gasteiger partial charge on any atom is -0.309 e. The zero-order valence-electron chi connectivity index (χ0n) is 6.40. The van der Waals surface area contributed by atoms with Crippen LogP contribution < -0.4 is 5.32 Å². The van der Waals surface area contributed by atoms with Gasteiger partial charge in [0.2, 0.25) is 0 Å². The van der Waals surface area contributed by atoms with Crippen LogP contribution in [0.4, 0.5) is 4.79 Å². The van der Waals surface area contributed by atoms with E-state index in [1.807, 2.05) is 0 Å². The van der Waals surface area contributed by atoms with Crippen LogP contribution in [0.2, 0.25) is 0 Å². The second-order valence-corrected chi connectivity index (χ2v) is 2.43. The number of hydrogen-bond donors (Lipinski definition) is 2. The highest BCUT2D eigenvalue weighted by Crippen LogP contribution is 1.97. The van der Waals surface area contributed by atoms with E-state index < -0.39 is 12.1 Å². The lowest BCUT2D eigenvalue weighted by molar-refractivity contribution is -0.178. The molecule has 0 saturated carbocycles. The van der Waals surface area contributed by atoms with Gasteiger partial charge in [0, 0.05) is 0 Å². The number of aldehydes is 1. The van der Waals surface area contributed by atoms with Crippen molar-refractivity contribution in [2.24, 2.45) is 5.92 Å². The van der Waals surface area contributed by atoms with E-state index in [1.165, 1.54) is 0 Å². The summed E-state index contributed by atoms with van der Waals surface area (Å²) in [7, 11) is 0. The molecule has 11 heavy (non-hydrogen) atoms. The predicted octanol–water partition coefficient (Wildman–Crippen LogP) is 0.409. The molecule has 5 heteroatoms. The summed E-state index contributed by atoms with van der Waals surface area (Å²) in [6.45, 7) is 3.52. The predicted molar refractivity (Wildman–Crippen MR) is 36.9 cm³/mol. The molecule has 0 rings (SSSR count). The molecule has 0 aromatic rings. The van der Waals surface area contributed by atoms with Crippen LogP contribution in [-0.2, 0) is 9.68 Å². The summed E-state index contributed by atoms with van der Waals surface area (Å²) in [6.07, 6.45) is -0.433. The third-order valence-corrected chi connectivity index (χ3v) is 1.23. The molecule has 0 aromatic heterocycles. The molecule has 0 spiro atoms. The Labute approximate surface area is 64.3 Å². The highest BCUT2D eigenvalue weighted by Gasteiger charge is 2.15. The molecular formula is C6H11NO4. The van der Waals surface area contributed by atoms with E-state index >= 15 is 0 Å². The SMILES string of the molecule is CC(C)[C@@H](C=O)NC(=O)OO. The van der Waals surface area contributed by atoms with Gasteiger partial charge in [-0.05, 0) is 5.92 Å². The van der Waals surface area contributed by atoms with Crippen LogP contribution >= 0.6 is 0 Å². The van der Waals surface area contributed by atoms with Crippen molar-refractivity contribution >= 4 is 12.4 Å². The summed E-state index contributed by atoms with van der Waals surface area (Å²) >= 11 is 0. The minimum atomic E-state index is -1.02. The first-order valence-electron chi connectivity index (χ1n) is 3.19. The largest absolute Gasteiger partial charge is 0.439 e.